The first-order chi connectivity index (χ1) is 12.2. The summed E-state index contributed by atoms with van der Waals surface area (Å²) in [6.45, 7) is 7.31. The van der Waals surface area contributed by atoms with E-state index in [4.69, 9.17) is 4.74 Å². The number of hydrogen-bond donors (Lipinski definition) is 0. The van der Waals surface area contributed by atoms with E-state index in [-0.39, 0.29) is 18.2 Å². The van der Waals surface area contributed by atoms with Gasteiger partial charge in [-0.15, -0.1) is 10.2 Å². The zero-order valence-corrected chi connectivity index (χ0v) is 16.5. The predicted octanol–water partition coefficient (Wildman–Crippen LogP) is 2.47. The van der Waals surface area contributed by atoms with Gasteiger partial charge in [0.1, 0.15) is 18.5 Å². The first-order valence-electron chi connectivity index (χ1n) is 8.21. The molecule has 26 heavy (non-hydrogen) atoms. The molecule has 140 valence electrons. The average Bonchev–Trinajstić information content (AvgIpc) is 2.99. The van der Waals surface area contributed by atoms with E-state index in [9.17, 15) is 9.59 Å². The minimum Gasteiger partial charge on any atom is -0.459 e. The van der Waals surface area contributed by atoms with E-state index in [0.29, 0.717) is 5.16 Å². The van der Waals surface area contributed by atoms with E-state index in [1.165, 1.54) is 16.7 Å². The van der Waals surface area contributed by atoms with E-state index in [0.717, 1.165) is 11.3 Å². The molecule has 0 radical (unpaired) electrons. The Bertz CT molecular complexity index is 765. The maximum Gasteiger partial charge on any atom is 0.326 e. The Balaban J connectivity index is 1.93. The molecule has 0 unspecified atom stereocenters. The Kier molecular flexibility index (Phi) is 6.42. The highest BCUT2D eigenvalue weighted by atomic mass is 32.2. The van der Waals surface area contributed by atoms with Crippen LogP contribution in [0.25, 0.3) is 5.69 Å². The molecule has 7 nitrogen and oxygen atoms in total. The molecule has 0 aliphatic carbocycles. The highest BCUT2D eigenvalue weighted by Crippen LogP contribution is 2.20. The quantitative estimate of drug-likeness (QED) is 0.569. The van der Waals surface area contributed by atoms with Crippen molar-refractivity contribution in [2.45, 2.75) is 38.5 Å². The molecule has 1 aromatic carbocycles. The van der Waals surface area contributed by atoms with Gasteiger partial charge in [0.05, 0.1) is 5.75 Å². The number of thioether (sulfide) groups is 1. The molecule has 2 rings (SSSR count). The summed E-state index contributed by atoms with van der Waals surface area (Å²) in [6, 6.07) is 7.95. The number of rotatable bonds is 6. The third-order valence-corrected chi connectivity index (χ3v) is 4.29. The van der Waals surface area contributed by atoms with Crippen LogP contribution >= 0.6 is 11.8 Å². The van der Waals surface area contributed by atoms with Gasteiger partial charge in [-0.1, -0.05) is 29.5 Å². The first-order valence-corrected chi connectivity index (χ1v) is 9.20. The number of ether oxygens (including phenoxy) is 1. The van der Waals surface area contributed by atoms with Crippen LogP contribution in [-0.4, -0.2) is 56.5 Å². The highest BCUT2D eigenvalue weighted by Gasteiger charge is 2.20. The SMILES string of the molecule is Cc1ccc(-n2cnnc2SCC(=O)N(C)CC(=O)OC(C)(C)C)cc1. The fourth-order valence-electron chi connectivity index (χ4n) is 2.10. The summed E-state index contributed by atoms with van der Waals surface area (Å²) in [6.07, 6.45) is 1.61. The molecule has 8 heteroatoms. The summed E-state index contributed by atoms with van der Waals surface area (Å²) in [5, 5.41) is 8.61. The van der Waals surface area contributed by atoms with Crippen LogP contribution < -0.4 is 0 Å². The highest BCUT2D eigenvalue weighted by molar-refractivity contribution is 7.99. The fourth-order valence-corrected chi connectivity index (χ4v) is 2.97. The summed E-state index contributed by atoms with van der Waals surface area (Å²) in [5.74, 6) is -0.454. The topological polar surface area (TPSA) is 77.3 Å². The van der Waals surface area contributed by atoms with Crippen LogP contribution in [0.3, 0.4) is 0 Å². The summed E-state index contributed by atoms with van der Waals surface area (Å²) >= 11 is 1.28. The number of carbonyl (C=O) groups excluding carboxylic acids is 2. The molecule has 0 aliphatic rings. The van der Waals surface area contributed by atoms with Gasteiger partial charge in [-0.3, -0.25) is 14.2 Å². The number of hydrogen-bond acceptors (Lipinski definition) is 6. The van der Waals surface area contributed by atoms with E-state index in [1.54, 1.807) is 34.1 Å². The zero-order valence-electron chi connectivity index (χ0n) is 15.7. The molecule has 1 amide bonds. The van der Waals surface area contributed by atoms with E-state index >= 15 is 0 Å². The summed E-state index contributed by atoms with van der Waals surface area (Å²) in [4.78, 5) is 25.5. The molecular formula is C18H24N4O3S. The van der Waals surface area contributed by atoms with E-state index in [2.05, 4.69) is 10.2 Å². The lowest BCUT2D eigenvalue weighted by atomic mass is 10.2. The van der Waals surface area contributed by atoms with Gasteiger partial charge in [-0.05, 0) is 39.8 Å². The second-order valence-electron chi connectivity index (χ2n) is 6.94. The number of esters is 1. The van der Waals surface area contributed by atoms with Crippen LogP contribution in [0.2, 0.25) is 0 Å². The van der Waals surface area contributed by atoms with Gasteiger partial charge >= 0.3 is 5.97 Å². The van der Waals surface area contributed by atoms with Gasteiger partial charge in [-0.2, -0.15) is 0 Å². The minimum atomic E-state index is -0.569. The maximum atomic E-state index is 12.3. The monoisotopic (exact) mass is 376 g/mol. The number of amides is 1. The first kappa shape index (κ1) is 20.0. The van der Waals surface area contributed by atoms with Crippen LogP contribution in [0, 0.1) is 6.92 Å². The van der Waals surface area contributed by atoms with Gasteiger partial charge in [0.2, 0.25) is 5.91 Å². The third-order valence-electron chi connectivity index (χ3n) is 3.37. The van der Waals surface area contributed by atoms with Crippen LogP contribution in [-0.2, 0) is 14.3 Å². The van der Waals surface area contributed by atoms with Gasteiger partial charge < -0.3 is 9.64 Å². The van der Waals surface area contributed by atoms with Gasteiger partial charge in [0.25, 0.3) is 0 Å². The Morgan fingerprint density at radius 1 is 1.23 bits per heavy atom. The predicted molar refractivity (Wildman–Crippen MR) is 100 cm³/mol. The summed E-state index contributed by atoms with van der Waals surface area (Å²) in [5.41, 5.74) is 1.52. The molecule has 0 saturated carbocycles. The van der Waals surface area contributed by atoms with Crippen molar-refractivity contribution in [2.24, 2.45) is 0 Å². The lowest BCUT2D eigenvalue weighted by Crippen LogP contribution is -2.37. The number of carbonyl (C=O) groups is 2. The number of aryl methyl sites for hydroxylation is 1. The zero-order chi connectivity index (χ0) is 19.3. The Hall–Kier alpha value is -2.35. The molecule has 1 heterocycles. The third kappa shape index (κ3) is 5.87. The van der Waals surface area contributed by atoms with Crippen molar-refractivity contribution >= 4 is 23.6 Å². The second kappa shape index (κ2) is 8.35. The molecule has 0 aliphatic heterocycles. The Morgan fingerprint density at radius 3 is 2.50 bits per heavy atom. The molecule has 1 aromatic heterocycles. The Labute approximate surface area is 157 Å². The Morgan fingerprint density at radius 2 is 1.88 bits per heavy atom. The normalized spacial score (nSPS) is 11.3. The van der Waals surface area contributed by atoms with Gasteiger partial charge in [0.15, 0.2) is 5.16 Å². The van der Waals surface area contributed by atoms with E-state index < -0.39 is 11.6 Å². The standard InChI is InChI=1S/C18H24N4O3S/c1-13-6-8-14(9-7-13)22-12-19-20-17(22)26-11-15(23)21(5)10-16(24)25-18(2,3)4/h6-9,12H,10-11H2,1-5H3. The van der Waals surface area contributed by atoms with Crippen LogP contribution in [0.5, 0.6) is 0 Å². The largest absolute Gasteiger partial charge is 0.459 e. The molecule has 0 fully saturated rings. The van der Waals surface area contributed by atoms with Crippen molar-refractivity contribution in [1.82, 2.24) is 19.7 Å². The lowest BCUT2D eigenvalue weighted by molar-refractivity contribution is -0.157. The molecule has 2 aromatic rings. The molecule has 0 saturated heterocycles. The fraction of sp³-hybridized carbons (Fsp3) is 0.444. The average molecular weight is 376 g/mol. The molecule has 0 N–H and O–H groups in total. The number of benzene rings is 1. The lowest BCUT2D eigenvalue weighted by Gasteiger charge is -2.22. The van der Waals surface area contributed by atoms with Gasteiger partial charge in [0, 0.05) is 12.7 Å². The second-order valence-corrected chi connectivity index (χ2v) is 7.89. The molecule has 0 atom stereocenters. The van der Waals surface area contributed by atoms with Crippen LogP contribution in [0.4, 0.5) is 0 Å². The van der Waals surface area contributed by atoms with Crippen molar-refractivity contribution < 1.29 is 14.3 Å². The molecular weight excluding hydrogens is 352 g/mol. The number of aromatic nitrogens is 3. The van der Waals surface area contributed by atoms with Crippen molar-refractivity contribution in [3.8, 4) is 5.69 Å². The smallest absolute Gasteiger partial charge is 0.326 e. The maximum absolute atomic E-state index is 12.3. The van der Waals surface area contributed by atoms with Crippen molar-refractivity contribution in [2.75, 3.05) is 19.3 Å². The number of nitrogens with zero attached hydrogens (tertiary/aromatic N) is 4. The molecule has 0 spiro atoms. The van der Waals surface area contributed by atoms with E-state index in [1.807, 2.05) is 35.8 Å². The van der Waals surface area contributed by atoms with Crippen molar-refractivity contribution in [3.05, 3.63) is 36.2 Å². The minimum absolute atomic E-state index is 0.0820. The van der Waals surface area contributed by atoms with Gasteiger partial charge in [-0.25, -0.2) is 0 Å². The molecule has 0 bridgehead atoms. The number of likely N-dealkylation sites (N-methyl/N-ethyl adjacent to an activating group) is 1. The van der Waals surface area contributed by atoms with Crippen LogP contribution in [0.1, 0.15) is 26.3 Å². The summed E-state index contributed by atoms with van der Waals surface area (Å²) in [7, 11) is 1.58. The summed E-state index contributed by atoms with van der Waals surface area (Å²) < 4.78 is 7.05. The van der Waals surface area contributed by atoms with Crippen molar-refractivity contribution in [1.29, 1.82) is 0 Å². The van der Waals surface area contributed by atoms with Crippen molar-refractivity contribution in [3.63, 3.8) is 0 Å². The van der Waals surface area contributed by atoms with Crippen LogP contribution in [0.15, 0.2) is 35.7 Å².